The van der Waals surface area contributed by atoms with Gasteiger partial charge in [0.15, 0.2) is 0 Å². The van der Waals surface area contributed by atoms with E-state index in [-0.39, 0.29) is 24.9 Å². The molecule has 2 aromatic rings. The first-order valence-corrected chi connectivity index (χ1v) is 8.52. The van der Waals surface area contributed by atoms with Crippen molar-refractivity contribution in [3.63, 3.8) is 0 Å². The lowest BCUT2D eigenvalue weighted by Crippen LogP contribution is -2.36. The van der Waals surface area contributed by atoms with Gasteiger partial charge >= 0.3 is 5.69 Å². The monoisotopic (exact) mass is 346 g/mol. The highest BCUT2D eigenvalue weighted by molar-refractivity contribution is 5.78. The first kappa shape index (κ1) is 18.9. The number of aryl methyl sites for hydroxylation is 1. The van der Waals surface area contributed by atoms with Gasteiger partial charge in [-0.3, -0.25) is 19.1 Å². The molecule has 0 fully saturated rings. The second-order valence-electron chi connectivity index (χ2n) is 6.69. The third-order valence-corrected chi connectivity index (χ3v) is 4.53. The van der Waals surface area contributed by atoms with E-state index in [9.17, 15) is 14.4 Å². The maximum atomic E-state index is 12.3. The number of hydrogen-bond acceptors (Lipinski definition) is 4. The number of aromatic nitrogens is 2. The molecule has 1 atom stereocenters. The Labute approximate surface area is 146 Å². The molecule has 25 heavy (non-hydrogen) atoms. The van der Waals surface area contributed by atoms with Crippen molar-refractivity contribution in [1.29, 1.82) is 0 Å². The third-order valence-electron chi connectivity index (χ3n) is 4.53. The molecule has 0 aliphatic rings. The van der Waals surface area contributed by atoms with Crippen LogP contribution in [0.25, 0.3) is 10.9 Å². The average molecular weight is 346 g/mol. The molecule has 1 heterocycles. The Morgan fingerprint density at radius 3 is 2.64 bits per heavy atom. The van der Waals surface area contributed by atoms with Crippen molar-refractivity contribution >= 4 is 16.8 Å². The minimum absolute atomic E-state index is 0.0565. The maximum Gasteiger partial charge on any atom is 0.328 e. The van der Waals surface area contributed by atoms with E-state index in [1.807, 2.05) is 0 Å². The number of H-pyrrole nitrogens is 1. The highest BCUT2D eigenvalue weighted by Gasteiger charge is 2.14. The van der Waals surface area contributed by atoms with E-state index in [4.69, 9.17) is 5.73 Å². The molecule has 0 aliphatic carbocycles. The predicted molar refractivity (Wildman–Crippen MR) is 98.5 cm³/mol. The smallest absolute Gasteiger partial charge is 0.328 e. The van der Waals surface area contributed by atoms with E-state index in [1.165, 1.54) is 4.57 Å². The highest BCUT2D eigenvalue weighted by Crippen LogP contribution is 2.08. The number of nitrogens with two attached hydrogens (primary N) is 1. The molecule has 0 aliphatic heterocycles. The zero-order valence-corrected chi connectivity index (χ0v) is 15.0. The normalized spacial score (nSPS) is 12.5. The molecule has 1 unspecified atom stereocenters. The van der Waals surface area contributed by atoms with Crippen LogP contribution in [-0.4, -0.2) is 40.0 Å². The van der Waals surface area contributed by atoms with Crippen LogP contribution in [0, 0.1) is 5.92 Å². The number of nitrogens with one attached hydrogen (secondary N) is 1. The number of carbonyl (C=O) groups is 1. The van der Waals surface area contributed by atoms with E-state index in [0.717, 1.165) is 6.42 Å². The zero-order valence-electron chi connectivity index (χ0n) is 15.0. The molecule has 7 heteroatoms. The van der Waals surface area contributed by atoms with Crippen LogP contribution in [0.4, 0.5) is 0 Å². The van der Waals surface area contributed by atoms with Gasteiger partial charge in [-0.25, -0.2) is 4.79 Å². The summed E-state index contributed by atoms with van der Waals surface area (Å²) < 4.78 is 1.43. The maximum absolute atomic E-state index is 12.3. The fourth-order valence-corrected chi connectivity index (χ4v) is 2.66. The number of benzene rings is 1. The molecule has 1 aromatic carbocycles. The van der Waals surface area contributed by atoms with Crippen LogP contribution in [0.1, 0.15) is 26.7 Å². The fraction of sp³-hybridized carbons (Fsp3) is 0.500. The summed E-state index contributed by atoms with van der Waals surface area (Å²) in [4.78, 5) is 40.2. The number of carbonyl (C=O) groups excluding carboxylic acids is 1. The summed E-state index contributed by atoms with van der Waals surface area (Å²) in [6, 6.07) is 6.93. The van der Waals surface area contributed by atoms with Crippen LogP contribution in [0.3, 0.4) is 0 Å². The van der Waals surface area contributed by atoms with Crippen molar-refractivity contribution < 1.29 is 4.79 Å². The van der Waals surface area contributed by atoms with E-state index < -0.39 is 11.2 Å². The minimum atomic E-state index is -0.499. The predicted octanol–water partition coefficient (Wildman–Crippen LogP) is 0.912. The summed E-state index contributed by atoms with van der Waals surface area (Å²) in [6.07, 6.45) is 0.921. The highest BCUT2D eigenvalue weighted by atomic mass is 16.2. The molecular formula is C18H26N4O3. The average Bonchev–Trinajstić information content (AvgIpc) is 2.58. The number of amides is 1. The Balaban J connectivity index is 2.06. The summed E-state index contributed by atoms with van der Waals surface area (Å²) in [5.74, 6) is 0.313. The summed E-state index contributed by atoms with van der Waals surface area (Å²) >= 11 is 0. The van der Waals surface area contributed by atoms with Crippen LogP contribution < -0.4 is 17.0 Å². The number of fused-ring (bicyclic) bond motifs is 1. The van der Waals surface area contributed by atoms with Crippen LogP contribution >= 0.6 is 0 Å². The van der Waals surface area contributed by atoms with E-state index in [1.54, 1.807) is 36.2 Å². The van der Waals surface area contributed by atoms with Crippen molar-refractivity contribution in [2.45, 2.75) is 39.3 Å². The Hall–Kier alpha value is -2.41. The van der Waals surface area contributed by atoms with Crippen LogP contribution in [0.5, 0.6) is 0 Å². The van der Waals surface area contributed by atoms with Gasteiger partial charge < -0.3 is 10.6 Å². The minimum Gasteiger partial charge on any atom is -0.346 e. The number of nitrogens with zero attached hydrogens (tertiary/aromatic N) is 2. The SMILES string of the molecule is CC(C)C(N)CCN(C)C(=O)CCn1c(=O)[nH]c(=O)c2ccccc21. The standard InChI is InChI=1S/C18H26N4O3/c1-12(2)14(19)8-10-21(3)16(23)9-11-22-15-7-5-4-6-13(15)17(24)20-18(22)25/h4-7,12,14H,8-11,19H2,1-3H3,(H,20,24,25). The molecule has 0 radical (unpaired) electrons. The van der Waals surface area contributed by atoms with Gasteiger partial charge in [0.1, 0.15) is 0 Å². The number of rotatable bonds is 7. The van der Waals surface area contributed by atoms with Crippen LogP contribution in [-0.2, 0) is 11.3 Å². The summed E-state index contributed by atoms with van der Waals surface area (Å²) in [5.41, 5.74) is 5.63. The first-order chi connectivity index (χ1) is 11.8. The summed E-state index contributed by atoms with van der Waals surface area (Å²) in [5, 5.41) is 0.436. The first-order valence-electron chi connectivity index (χ1n) is 8.52. The van der Waals surface area contributed by atoms with Crippen LogP contribution in [0.15, 0.2) is 33.9 Å². The summed E-state index contributed by atoms with van der Waals surface area (Å²) in [7, 11) is 1.74. The lowest BCUT2D eigenvalue weighted by molar-refractivity contribution is -0.130. The largest absolute Gasteiger partial charge is 0.346 e. The molecule has 0 saturated heterocycles. The number of para-hydroxylation sites is 1. The zero-order chi connectivity index (χ0) is 18.6. The molecule has 0 spiro atoms. The van der Waals surface area contributed by atoms with Gasteiger partial charge in [0.25, 0.3) is 5.56 Å². The molecule has 7 nitrogen and oxygen atoms in total. The van der Waals surface area contributed by atoms with E-state index in [2.05, 4.69) is 18.8 Å². The molecule has 1 amide bonds. The van der Waals surface area contributed by atoms with Crippen molar-refractivity contribution in [2.75, 3.05) is 13.6 Å². The quantitative estimate of drug-likeness (QED) is 0.778. The Bertz CT molecular complexity index is 853. The molecule has 1 aromatic heterocycles. The number of aromatic amines is 1. The lowest BCUT2D eigenvalue weighted by atomic mass is 10.0. The fourth-order valence-electron chi connectivity index (χ4n) is 2.66. The van der Waals surface area contributed by atoms with E-state index in [0.29, 0.717) is 23.4 Å². The Morgan fingerprint density at radius 1 is 1.28 bits per heavy atom. The van der Waals surface area contributed by atoms with Gasteiger partial charge in [-0.2, -0.15) is 0 Å². The summed E-state index contributed by atoms with van der Waals surface area (Å²) in [6.45, 7) is 4.91. The molecule has 2 rings (SSSR count). The molecule has 136 valence electrons. The second kappa shape index (κ2) is 8.11. The van der Waals surface area contributed by atoms with Gasteiger partial charge in [-0.05, 0) is 24.5 Å². The van der Waals surface area contributed by atoms with E-state index >= 15 is 0 Å². The Morgan fingerprint density at radius 2 is 1.96 bits per heavy atom. The lowest BCUT2D eigenvalue weighted by Gasteiger charge is -2.21. The van der Waals surface area contributed by atoms with Gasteiger partial charge in [-0.15, -0.1) is 0 Å². The van der Waals surface area contributed by atoms with Crippen molar-refractivity contribution in [1.82, 2.24) is 14.5 Å². The van der Waals surface area contributed by atoms with Crippen molar-refractivity contribution in [3.8, 4) is 0 Å². The topological polar surface area (TPSA) is 101 Å². The van der Waals surface area contributed by atoms with Gasteiger partial charge in [-0.1, -0.05) is 26.0 Å². The van der Waals surface area contributed by atoms with Crippen molar-refractivity contribution in [2.24, 2.45) is 11.7 Å². The van der Waals surface area contributed by atoms with Gasteiger partial charge in [0, 0.05) is 32.6 Å². The molecule has 3 N–H and O–H groups in total. The number of hydrogen-bond donors (Lipinski definition) is 2. The molecular weight excluding hydrogens is 320 g/mol. The Kier molecular flexibility index (Phi) is 6.14. The van der Waals surface area contributed by atoms with Gasteiger partial charge in [0.2, 0.25) is 5.91 Å². The van der Waals surface area contributed by atoms with Crippen LogP contribution in [0.2, 0.25) is 0 Å². The molecule has 0 bridgehead atoms. The third kappa shape index (κ3) is 4.57. The molecule has 0 saturated carbocycles. The second-order valence-corrected chi connectivity index (χ2v) is 6.69. The van der Waals surface area contributed by atoms with Crippen molar-refractivity contribution in [3.05, 3.63) is 45.1 Å². The van der Waals surface area contributed by atoms with Gasteiger partial charge in [0.05, 0.1) is 10.9 Å².